The van der Waals surface area contributed by atoms with E-state index in [1.165, 1.54) is 7.05 Å². The van der Waals surface area contributed by atoms with Crippen molar-refractivity contribution in [3.05, 3.63) is 26.9 Å². The Hall–Kier alpha value is -2.00. The Kier molecular flexibility index (Phi) is 7.10. The normalized spacial score (nSPS) is 22.7. The zero-order valence-corrected chi connectivity index (χ0v) is 16.1. The summed E-state index contributed by atoms with van der Waals surface area (Å²) in [4.78, 5) is 37.6. The van der Waals surface area contributed by atoms with Crippen molar-refractivity contribution in [1.29, 1.82) is 0 Å². The Bertz CT molecular complexity index is 772. The predicted octanol–water partition coefficient (Wildman–Crippen LogP) is 1.39. The third-order valence-corrected chi connectivity index (χ3v) is 4.79. The van der Waals surface area contributed by atoms with Crippen LogP contribution in [0.5, 0.6) is 0 Å². The van der Waals surface area contributed by atoms with Gasteiger partial charge in [-0.2, -0.15) is 0 Å². The van der Waals surface area contributed by atoms with Crippen LogP contribution in [0.25, 0.3) is 0 Å². The fraction of sp³-hybridized carbons (Fsp3) is 0.647. The van der Waals surface area contributed by atoms with E-state index in [-0.39, 0.29) is 36.5 Å². The molecule has 1 saturated heterocycles. The number of H-pyrrole nitrogens is 1. The lowest BCUT2D eigenvalue weighted by atomic mass is 9.99. The third-order valence-electron chi connectivity index (χ3n) is 4.48. The highest BCUT2D eigenvalue weighted by atomic mass is 32.1. The molecule has 1 aliphatic heterocycles. The summed E-state index contributed by atoms with van der Waals surface area (Å²) in [6, 6.07) is -0.141. The molecule has 2 N–H and O–H groups in total. The van der Waals surface area contributed by atoms with Crippen LogP contribution in [-0.2, 0) is 19.1 Å². The Morgan fingerprint density at radius 1 is 1.46 bits per heavy atom. The molecule has 1 amide bonds. The first-order valence-electron chi connectivity index (χ1n) is 8.69. The SMILES string of the molecule is CCC1OCC(n2cc(C)c(=O)[nH]c2=S)CC1OC(=O)CCC(=O)NC. The van der Waals surface area contributed by atoms with Crippen LogP contribution in [0.15, 0.2) is 11.0 Å². The lowest BCUT2D eigenvalue weighted by Gasteiger charge is -2.36. The Balaban J connectivity index is 2.09. The fourth-order valence-electron chi connectivity index (χ4n) is 2.95. The number of nitrogens with zero attached hydrogens (tertiary/aromatic N) is 1. The van der Waals surface area contributed by atoms with Gasteiger partial charge in [0.15, 0.2) is 4.77 Å². The molecule has 3 atom stereocenters. The topological polar surface area (TPSA) is 102 Å². The number of esters is 1. The minimum atomic E-state index is -0.428. The van der Waals surface area contributed by atoms with Crippen molar-refractivity contribution >= 4 is 24.1 Å². The molecule has 1 aromatic heterocycles. The van der Waals surface area contributed by atoms with Crippen LogP contribution >= 0.6 is 12.2 Å². The molecule has 0 bridgehead atoms. The van der Waals surface area contributed by atoms with Crippen LogP contribution in [0, 0.1) is 11.7 Å². The van der Waals surface area contributed by atoms with E-state index in [0.29, 0.717) is 29.8 Å². The van der Waals surface area contributed by atoms with E-state index in [9.17, 15) is 14.4 Å². The van der Waals surface area contributed by atoms with Gasteiger partial charge in [-0.1, -0.05) is 6.92 Å². The second-order valence-corrected chi connectivity index (χ2v) is 6.74. The van der Waals surface area contributed by atoms with Crippen molar-refractivity contribution in [2.75, 3.05) is 13.7 Å². The Morgan fingerprint density at radius 3 is 2.85 bits per heavy atom. The second-order valence-electron chi connectivity index (χ2n) is 6.35. The van der Waals surface area contributed by atoms with Gasteiger partial charge in [0, 0.05) is 31.6 Å². The number of aromatic amines is 1. The average molecular weight is 383 g/mol. The molecule has 2 rings (SSSR count). The molecule has 0 spiro atoms. The van der Waals surface area contributed by atoms with Crippen LogP contribution < -0.4 is 10.9 Å². The number of aryl methyl sites for hydroxylation is 1. The first-order valence-corrected chi connectivity index (χ1v) is 9.10. The molecular formula is C17H25N3O5S. The third kappa shape index (κ3) is 5.01. The second kappa shape index (κ2) is 9.09. The van der Waals surface area contributed by atoms with E-state index >= 15 is 0 Å². The summed E-state index contributed by atoms with van der Waals surface area (Å²) < 4.78 is 13.5. The van der Waals surface area contributed by atoms with Gasteiger partial charge in [-0.05, 0) is 25.6 Å². The molecule has 144 valence electrons. The molecule has 8 nitrogen and oxygen atoms in total. The van der Waals surface area contributed by atoms with Gasteiger partial charge >= 0.3 is 5.97 Å². The number of ether oxygens (including phenoxy) is 2. The summed E-state index contributed by atoms with van der Waals surface area (Å²) >= 11 is 5.25. The summed E-state index contributed by atoms with van der Waals surface area (Å²) in [7, 11) is 1.52. The largest absolute Gasteiger partial charge is 0.459 e. The van der Waals surface area contributed by atoms with Crippen LogP contribution in [0.1, 0.15) is 44.2 Å². The average Bonchev–Trinajstić information content (AvgIpc) is 2.62. The summed E-state index contributed by atoms with van der Waals surface area (Å²) in [5, 5.41) is 2.47. The zero-order chi connectivity index (χ0) is 19.3. The maximum Gasteiger partial charge on any atom is 0.306 e. The number of hydrogen-bond acceptors (Lipinski definition) is 6. The van der Waals surface area contributed by atoms with Crippen molar-refractivity contribution in [2.24, 2.45) is 0 Å². The molecule has 0 aromatic carbocycles. The molecule has 1 aliphatic rings. The van der Waals surface area contributed by atoms with Gasteiger partial charge in [-0.25, -0.2) is 0 Å². The van der Waals surface area contributed by atoms with Crippen LogP contribution in [-0.4, -0.2) is 47.3 Å². The standard InChI is InChI=1S/C17H25N3O5S/c1-4-12-13(25-15(22)6-5-14(21)18-3)7-11(9-24-12)20-8-10(2)16(23)19-17(20)26/h8,11-13H,4-7,9H2,1-3H3,(H,18,21)(H,19,23,26). The van der Waals surface area contributed by atoms with Gasteiger partial charge in [-0.15, -0.1) is 0 Å². The van der Waals surface area contributed by atoms with Gasteiger partial charge in [0.2, 0.25) is 5.91 Å². The molecule has 1 fully saturated rings. The van der Waals surface area contributed by atoms with Gasteiger partial charge in [0.05, 0.1) is 25.2 Å². The number of nitrogens with one attached hydrogen (secondary N) is 2. The van der Waals surface area contributed by atoms with Gasteiger partial charge in [-0.3, -0.25) is 19.4 Å². The van der Waals surface area contributed by atoms with E-state index in [4.69, 9.17) is 21.7 Å². The fourth-order valence-corrected chi connectivity index (χ4v) is 3.25. The van der Waals surface area contributed by atoms with E-state index in [1.807, 2.05) is 6.92 Å². The van der Waals surface area contributed by atoms with Crippen molar-refractivity contribution < 1.29 is 19.1 Å². The number of carbonyl (C=O) groups is 2. The van der Waals surface area contributed by atoms with Crippen molar-refractivity contribution in [1.82, 2.24) is 14.9 Å². The zero-order valence-electron chi connectivity index (χ0n) is 15.2. The summed E-state index contributed by atoms with van der Waals surface area (Å²) in [6.45, 7) is 4.09. The number of aromatic nitrogens is 2. The van der Waals surface area contributed by atoms with E-state index in [1.54, 1.807) is 17.7 Å². The molecule has 26 heavy (non-hydrogen) atoms. The lowest BCUT2D eigenvalue weighted by Crippen LogP contribution is -2.42. The Morgan fingerprint density at radius 2 is 2.19 bits per heavy atom. The number of hydrogen-bond donors (Lipinski definition) is 2. The summed E-state index contributed by atoms with van der Waals surface area (Å²) in [5.74, 6) is -0.635. The number of carbonyl (C=O) groups excluding carboxylic acids is 2. The number of amides is 1. The minimum Gasteiger partial charge on any atom is -0.459 e. The van der Waals surface area contributed by atoms with Crippen molar-refractivity contribution in [3.63, 3.8) is 0 Å². The number of rotatable bonds is 6. The maximum absolute atomic E-state index is 12.1. The highest BCUT2D eigenvalue weighted by Crippen LogP contribution is 2.28. The molecule has 2 heterocycles. The predicted molar refractivity (Wildman–Crippen MR) is 97.5 cm³/mol. The first-order chi connectivity index (χ1) is 12.3. The van der Waals surface area contributed by atoms with Gasteiger partial charge < -0.3 is 19.4 Å². The van der Waals surface area contributed by atoms with Crippen LogP contribution in [0.4, 0.5) is 0 Å². The minimum absolute atomic E-state index is 0.0223. The smallest absolute Gasteiger partial charge is 0.306 e. The van der Waals surface area contributed by atoms with E-state index < -0.39 is 12.1 Å². The molecule has 0 radical (unpaired) electrons. The molecule has 3 unspecified atom stereocenters. The maximum atomic E-state index is 12.1. The highest BCUT2D eigenvalue weighted by molar-refractivity contribution is 7.71. The quantitative estimate of drug-likeness (QED) is 0.569. The molecule has 0 aliphatic carbocycles. The first kappa shape index (κ1) is 20.3. The molecule has 1 aromatic rings. The van der Waals surface area contributed by atoms with Crippen LogP contribution in [0.3, 0.4) is 0 Å². The van der Waals surface area contributed by atoms with Gasteiger partial charge in [0.25, 0.3) is 5.56 Å². The highest BCUT2D eigenvalue weighted by Gasteiger charge is 2.34. The van der Waals surface area contributed by atoms with E-state index in [0.717, 1.165) is 0 Å². The van der Waals surface area contributed by atoms with Crippen molar-refractivity contribution in [2.45, 2.75) is 57.8 Å². The van der Waals surface area contributed by atoms with Crippen molar-refractivity contribution in [3.8, 4) is 0 Å². The Labute approximate surface area is 156 Å². The lowest BCUT2D eigenvalue weighted by molar-refractivity contribution is -0.168. The van der Waals surface area contributed by atoms with E-state index in [2.05, 4.69) is 10.3 Å². The monoisotopic (exact) mass is 383 g/mol. The summed E-state index contributed by atoms with van der Waals surface area (Å²) in [6.07, 6.45) is 2.42. The molecule has 9 heteroatoms. The van der Waals surface area contributed by atoms with Gasteiger partial charge in [0.1, 0.15) is 6.10 Å². The molecular weight excluding hydrogens is 358 g/mol. The molecule has 0 saturated carbocycles. The van der Waals surface area contributed by atoms with Crippen LogP contribution in [0.2, 0.25) is 0 Å². The summed E-state index contributed by atoms with van der Waals surface area (Å²) in [5.41, 5.74) is 0.335.